The number of amides is 1. The molecule has 1 aromatic heterocycles. The molecule has 0 aliphatic heterocycles. The molecule has 1 amide bonds. The average Bonchev–Trinajstić information content (AvgIpc) is 2.30. The molecule has 0 atom stereocenters. The van der Waals surface area contributed by atoms with Gasteiger partial charge in [0, 0.05) is 13.2 Å². The molecule has 3 N–H and O–H groups in total. The summed E-state index contributed by atoms with van der Waals surface area (Å²) in [5, 5.41) is 2.62. The summed E-state index contributed by atoms with van der Waals surface area (Å²) in [7, 11) is 1.54. The number of nitrogens with one attached hydrogen (secondary N) is 1. The summed E-state index contributed by atoms with van der Waals surface area (Å²) in [5.74, 6) is 0.761. The van der Waals surface area contributed by atoms with E-state index in [2.05, 4.69) is 10.3 Å². The highest BCUT2D eigenvalue weighted by Gasteiger charge is 2.06. The summed E-state index contributed by atoms with van der Waals surface area (Å²) >= 11 is 0. The lowest BCUT2D eigenvalue weighted by atomic mass is 10.3. The number of carbonyl (C=O) groups is 1. The smallest absolute Gasteiger partial charge is 0.227 e. The van der Waals surface area contributed by atoms with Crippen molar-refractivity contribution >= 4 is 17.4 Å². The van der Waals surface area contributed by atoms with Gasteiger partial charge in [0.1, 0.15) is 5.82 Å². The number of methoxy groups -OCH3 is 1. The summed E-state index contributed by atoms with van der Waals surface area (Å²) in [5.41, 5.74) is 6.19. The lowest BCUT2D eigenvalue weighted by Gasteiger charge is -2.08. The Morgan fingerprint density at radius 3 is 2.94 bits per heavy atom. The number of hydrogen-bond donors (Lipinski definition) is 2. The van der Waals surface area contributed by atoms with Gasteiger partial charge in [-0.1, -0.05) is 0 Å². The van der Waals surface area contributed by atoms with Crippen LogP contribution in [0.5, 0.6) is 5.75 Å². The number of anilines is 2. The number of ether oxygens (including phenoxy) is 2. The van der Waals surface area contributed by atoms with Crippen molar-refractivity contribution in [3.05, 3.63) is 12.3 Å². The molecule has 94 valence electrons. The van der Waals surface area contributed by atoms with Crippen molar-refractivity contribution in [2.24, 2.45) is 0 Å². The van der Waals surface area contributed by atoms with Gasteiger partial charge in [0.05, 0.1) is 31.5 Å². The molecule has 0 spiro atoms. The fourth-order valence-electron chi connectivity index (χ4n) is 1.20. The van der Waals surface area contributed by atoms with Gasteiger partial charge in [0.25, 0.3) is 0 Å². The molecule has 17 heavy (non-hydrogen) atoms. The second kappa shape index (κ2) is 6.70. The van der Waals surface area contributed by atoms with E-state index in [9.17, 15) is 4.79 Å². The lowest BCUT2D eigenvalue weighted by molar-refractivity contribution is -0.117. The SMILES string of the molecule is CCOc1cnc(NC(=O)CCOC)cc1N. The van der Waals surface area contributed by atoms with E-state index < -0.39 is 0 Å². The highest BCUT2D eigenvalue weighted by molar-refractivity contribution is 5.90. The van der Waals surface area contributed by atoms with Crippen LogP contribution in [-0.2, 0) is 9.53 Å². The molecule has 0 aliphatic rings. The minimum absolute atomic E-state index is 0.164. The first kappa shape index (κ1) is 13.2. The molecule has 1 heterocycles. The number of hydrogen-bond acceptors (Lipinski definition) is 5. The van der Waals surface area contributed by atoms with Gasteiger partial charge < -0.3 is 20.5 Å². The van der Waals surface area contributed by atoms with Crippen LogP contribution in [0.1, 0.15) is 13.3 Å². The van der Waals surface area contributed by atoms with E-state index in [1.54, 1.807) is 13.2 Å². The summed E-state index contributed by atoms with van der Waals surface area (Å²) in [6.45, 7) is 2.75. The number of nitrogens with two attached hydrogens (primary N) is 1. The van der Waals surface area contributed by atoms with Gasteiger partial charge in [-0.3, -0.25) is 4.79 Å². The number of carbonyl (C=O) groups excluding carboxylic acids is 1. The van der Waals surface area contributed by atoms with Crippen LogP contribution in [0.4, 0.5) is 11.5 Å². The van der Waals surface area contributed by atoms with Crippen LogP contribution >= 0.6 is 0 Å². The third kappa shape index (κ3) is 4.28. The van der Waals surface area contributed by atoms with Gasteiger partial charge >= 0.3 is 0 Å². The van der Waals surface area contributed by atoms with Crippen molar-refractivity contribution in [3.8, 4) is 5.75 Å². The Morgan fingerprint density at radius 1 is 1.59 bits per heavy atom. The van der Waals surface area contributed by atoms with Crippen LogP contribution in [0.15, 0.2) is 12.3 Å². The monoisotopic (exact) mass is 239 g/mol. The molecule has 1 rings (SSSR count). The minimum Gasteiger partial charge on any atom is -0.490 e. The van der Waals surface area contributed by atoms with Crippen molar-refractivity contribution in [1.29, 1.82) is 0 Å². The predicted octanol–water partition coefficient (Wildman–Crippen LogP) is 1.04. The number of nitrogen functional groups attached to an aromatic ring is 1. The minimum atomic E-state index is -0.164. The van der Waals surface area contributed by atoms with Gasteiger partial charge in [-0.15, -0.1) is 0 Å². The van der Waals surface area contributed by atoms with E-state index in [0.717, 1.165) is 0 Å². The van der Waals surface area contributed by atoms with Gasteiger partial charge in [0.15, 0.2) is 5.75 Å². The van der Waals surface area contributed by atoms with Gasteiger partial charge in [0.2, 0.25) is 5.91 Å². The highest BCUT2D eigenvalue weighted by atomic mass is 16.5. The fourth-order valence-corrected chi connectivity index (χ4v) is 1.20. The second-order valence-electron chi connectivity index (χ2n) is 3.33. The van der Waals surface area contributed by atoms with Crippen LogP contribution in [0, 0.1) is 0 Å². The first-order valence-electron chi connectivity index (χ1n) is 5.34. The Hall–Kier alpha value is -1.82. The van der Waals surface area contributed by atoms with Crippen LogP contribution in [0.3, 0.4) is 0 Å². The van der Waals surface area contributed by atoms with Gasteiger partial charge in [-0.25, -0.2) is 4.98 Å². The average molecular weight is 239 g/mol. The zero-order valence-corrected chi connectivity index (χ0v) is 10.0. The van der Waals surface area contributed by atoms with Crippen LogP contribution in [-0.4, -0.2) is 31.2 Å². The van der Waals surface area contributed by atoms with E-state index in [0.29, 0.717) is 30.5 Å². The van der Waals surface area contributed by atoms with Crippen molar-refractivity contribution in [3.63, 3.8) is 0 Å². The number of rotatable bonds is 6. The zero-order chi connectivity index (χ0) is 12.7. The maximum atomic E-state index is 11.4. The van der Waals surface area contributed by atoms with Crippen LogP contribution < -0.4 is 15.8 Å². The molecule has 0 bridgehead atoms. The van der Waals surface area contributed by atoms with Crippen molar-refractivity contribution in [2.45, 2.75) is 13.3 Å². The molecule has 0 radical (unpaired) electrons. The van der Waals surface area contributed by atoms with E-state index in [1.165, 1.54) is 6.20 Å². The number of nitrogens with zero attached hydrogens (tertiary/aromatic N) is 1. The van der Waals surface area contributed by atoms with E-state index in [4.69, 9.17) is 15.2 Å². The number of pyridine rings is 1. The van der Waals surface area contributed by atoms with Crippen LogP contribution in [0.2, 0.25) is 0 Å². The van der Waals surface area contributed by atoms with E-state index in [-0.39, 0.29) is 12.3 Å². The van der Waals surface area contributed by atoms with Crippen molar-refractivity contribution < 1.29 is 14.3 Å². The van der Waals surface area contributed by atoms with Crippen molar-refractivity contribution in [2.75, 3.05) is 31.4 Å². The molecule has 0 saturated carbocycles. The van der Waals surface area contributed by atoms with Crippen molar-refractivity contribution in [1.82, 2.24) is 4.98 Å². The molecule has 6 heteroatoms. The molecule has 0 saturated heterocycles. The third-order valence-electron chi connectivity index (χ3n) is 2.00. The first-order chi connectivity index (χ1) is 8.17. The Labute approximate surface area is 100 Å². The molecule has 0 aliphatic carbocycles. The molecule has 0 fully saturated rings. The highest BCUT2D eigenvalue weighted by Crippen LogP contribution is 2.22. The molecular weight excluding hydrogens is 222 g/mol. The number of aromatic nitrogens is 1. The normalized spacial score (nSPS) is 10.0. The van der Waals surface area contributed by atoms with E-state index in [1.807, 2.05) is 6.92 Å². The summed E-state index contributed by atoms with van der Waals surface area (Å²) in [4.78, 5) is 15.4. The summed E-state index contributed by atoms with van der Waals surface area (Å²) in [6, 6.07) is 1.57. The molecular formula is C11H17N3O3. The lowest BCUT2D eigenvalue weighted by Crippen LogP contribution is -2.14. The Bertz CT molecular complexity index is 382. The molecule has 1 aromatic rings. The maximum absolute atomic E-state index is 11.4. The largest absolute Gasteiger partial charge is 0.490 e. The first-order valence-corrected chi connectivity index (χ1v) is 5.34. The molecule has 6 nitrogen and oxygen atoms in total. The second-order valence-corrected chi connectivity index (χ2v) is 3.33. The van der Waals surface area contributed by atoms with E-state index >= 15 is 0 Å². The third-order valence-corrected chi connectivity index (χ3v) is 2.00. The summed E-state index contributed by atoms with van der Waals surface area (Å²) in [6.07, 6.45) is 1.77. The summed E-state index contributed by atoms with van der Waals surface area (Å²) < 4.78 is 10.0. The fraction of sp³-hybridized carbons (Fsp3) is 0.455. The van der Waals surface area contributed by atoms with Gasteiger partial charge in [-0.2, -0.15) is 0 Å². The Morgan fingerprint density at radius 2 is 2.35 bits per heavy atom. The predicted molar refractivity (Wildman–Crippen MR) is 64.9 cm³/mol. The Kier molecular flexibility index (Phi) is 5.22. The standard InChI is InChI=1S/C11H17N3O3/c1-3-17-9-7-13-10(6-8(9)12)14-11(15)4-5-16-2/h6-7H,3-5H2,1-2H3,(H3,12,13,14,15). The van der Waals surface area contributed by atoms with Gasteiger partial charge in [-0.05, 0) is 6.92 Å². The maximum Gasteiger partial charge on any atom is 0.227 e. The zero-order valence-electron chi connectivity index (χ0n) is 10.0. The topological polar surface area (TPSA) is 86.5 Å². The quantitative estimate of drug-likeness (QED) is 0.774. The molecule has 0 aromatic carbocycles. The Balaban J connectivity index is 2.60. The molecule has 0 unspecified atom stereocenters. The van der Waals surface area contributed by atoms with Crippen LogP contribution in [0.25, 0.3) is 0 Å².